The van der Waals surface area contributed by atoms with Gasteiger partial charge in [0.1, 0.15) is 28.6 Å². The van der Waals surface area contributed by atoms with Crippen molar-refractivity contribution in [3.63, 3.8) is 0 Å². The minimum Gasteiger partial charge on any atom is -0.501 e. The Labute approximate surface area is 404 Å². The Morgan fingerprint density at radius 1 is 0.687 bits per heavy atom. The maximum atomic E-state index is 12.8. The molecule has 0 aliphatic carbocycles. The van der Waals surface area contributed by atoms with Crippen molar-refractivity contribution in [1.82, 2.24) is 14.5 Å². The zero-order valence-electron chi connectivity index (χ0n) is 38.4. The molecule has 0 saturated heterocycles. The molecule has 12 rings (SSSR count). The van der Waals surface area contributed by atoms with Gasteiger partial charge < -0.3 is 23.4 Å². The van der Waals surface area contributed by atoms with E-state index in [1.54, 1.807) is 6.07 Å². The van der Waals surface area contributed by atoms with Gasteiger partial charge in [0.2, 0.25) is 0 Å². The summed E-state index contributed by atoms with van der Waals surface area (Å²) in [5.74, 6) is 4.53. The van der Waals surface area contributed by atoms with Crippen LogP contribution in [-0.4, -0.2) is 21.2 Å². The van der Waals surface area contributed by atoms with Crippen LogP contribution in [0.25, 0.3) is 61.3 Å². The van der Waals surface area contributed by atoms with Crippen molar-refractivity contribution in [2.75, 3.05) is 0 Å². The summed E-state index contributed by atoms with van der Waals surface area (Å²) in [5, 5.41) is 2.00. The Kier molecular flexibility index (Phi) is 11.3. The van der Waals surface area contributed by atoms with Gasteiger partial charge in [0.15, 0.2) is 0 Å². The number of hydrogen-bond donors (Lipinski definition) is 0. The number of benzene rings is 7. The summed E-state index contributed by atoms with van der Waals surface area (Å²) >= 11 is 0. The molecular formula is C58H47BFIrN3O3-2. The Hall–Kier alpha value is -6.80. The molecule has 0 fully saturated rings. The number of ether oxygens (including phenoxy) is 2. The molecule has 0 atom stereocenters. The Morgan fingerprint density at radius 2 is 1.39 bits per heavy atom. The molecule has 2 aliphatic rings. The van der Waals surface area contributed by atoms with E-state index in [0.717, 1.165) is 95.0 Å². The Morgan fingerprint density at radius 3 is 2.09 bits per heavy atom. The fourth-order valence-corrected chi connectivity index (χ4v) is 9.53. The maximum absolute atomic E-state index is 12.8. The number of hydrogen-bond acceptors (Lipinski definition) is 5. The second-order valence-electron chi connectivity index (χ2n) is 18.9. The number of imidazole rings is 1. The molecular weight excluding hydrogens is 1010 g/mol. The number of nitrogens with zero attached hydrogens (tertiary/aromatic N) is 3. The van der Waals surface area contributed by atoms with E-state index in [1.807, 2.05) is 48.7 Å². The van der Waals surface area contributed by atoms with Crippen LogP contribution in [0.3, 0.4) is 0 Å². The molecule has 0 bridgehead atoms. The minimum atomic E-state index is -0.278. The topological polar surface area (TPSA) is 62.3 Å². The average molecular weight is 1060 g/mol. The quantitative estimate of drug-likeness (QED) is 0.127. The van der Waals surface area contributed by atoms with Gasteiger partial charge in [-0.25, -0.2) is 0 Å². The summed E-state index contributed by atoms with van der Waals surface area (Å²) in [5.41, 5.74) is 14.3. The maximum Gasteiger partial charge on any atom is 0.260 e. The van der Waals surface area contributed by atoms with Gasteiger partial charge in [-0.05, 0) is 93.0 Å². The summed E-state index contributed by atoms with van der Waals surface area (Å²) in [6.45, 7) is 15.4. The molecule has 10 aromatic rings. The molecule has 6 nitrogen and oxygen atoms in total. The monoisotopic (exact) mass is 1060 g/mol. The first-order chi connectivity index (χ1) is 31.9. The van der Waals surface area contributed by atoms with Crippen molar-refractivity contribution in [2.24, 2.45) is 0 Å². The molecule has 0 spiro atoms. The van der Waals surface area contributed by atoms with Crippen LogP contribution in [0.4, 0.5) is 4.39 Å². The summed E-state index contributed by atoms with van der Waals surface area (Å²) in [6, 6.07) is 52.6. The molecule has 7 aromatic carbocycles. The standard InChI is InChI=1S/C43H32BN2O3.C15H15FN.Ir/c1-24(2)26-12-9-13-27(25(3)4)41(26)46-34-18-7-6-17-33(34)45-43(46)29-15-10-14-28-30-22-39-32(23-38(30)49-42(28)29)44-31-16-5-8-19-35(31)47-36-20-11-21-37(48-39)40(36)44;1-15(2,3)12-6-9-14(17-10-12)11-4-7-13(16)8-5-11;/h5-14,16-25H,1-4H3;4,6-10H,1-3H3;/q2*-1;. The minimum absolute atomic E-state index is 0. The number of para-hydroxylation sites is 4. The van der Waals surface area contributed by atoms with Crippen molar-refractivity contribution in [3.8, 4) is 51.3 Å². The van der Waals surface area contributed by atoms with Crippen LogP contribution in [0, 0.1) is 17.9 Å². The smallest absolute Gasteiger partial charge is 0.260 e. The van der Waals surface area contributed by atoms with Crippen LogP contribution in [-0.2, 0) is 25.5 Å². The van der Waals surface area contributed by atoms with E-state index in [1.165, 1.54) is 34.5 Å². The van der Waals surface area contributed by atoms with E-state index in [-0.39, 0.29) is 38.1 Å². The van der Waals surface area contributed by atoms with Crippen molar-refractivity contribution >= 4 is 56.1 Å². The van der Waals surface area contributed by atoms with Gasteiger partial charge in [0.05, 0.1) is 22.4 Å². The van der Waals surface area contributed by atoms with Crippen LogP contribution < -0.4 is 25.9 Å². The van der Waals surface area contributed by atoms with Gasteiger partial charge >= 0.3 is 0 Å². The molecule has 67 heavy (non-hydrogen) atoms. The van der Waals surface area contributed by atoms with E-state index in [9.17, 15) is 4.39 Å². The van der Waals surface area contributed by atoms with E-state index in [2.05, 4.69) is 149 Å². The number of rotatable bonds is 5. The average Bonchev–Trinajstić information content (AvgIpc) is 3.89. The molecule has 333 valence electrons. The molecule has 3 aromatic heterocycles. The summed E-state index contributed by atoms with van der Waals surface area (Å²) in [4.78, 5) is 9.68. The van der Waals surface area contributed by atoms with Gasteiger partial charge in [0, 0.05) is 48.7 Å². The number of halogens is 1. The van der Waals surface area contributed by atoms with Crippen LogP contribution in [0.1, 0.15) is 77.0 Å². The van der Waals surface area contributed by atoms with Crippen molar-refractivity contribution in [2.45, 2.75) is 65.7 Å². The second kappa shape index (κ2) is 17.1. The first kappa shape index (κ1) is 44.1. The normalized spacial score (nSPS) is 12.5. The van der Waals surface area contributed by atoms with Crippen LogP contribution >= 0.6 is 0 Å². The first-order valence-electron chi connectivity index (χ1n) is 22.7. The molecule has 2 aliphatic heterocycles. The molecule has 1 radical (unpaired) electrons. The fourth-order valence-electron chi connectivity index (χ4n) is 9.53. The second-order valence-corrected chi connectivity index (χ2v) is 18.9. The summed E-state index contributed by atoms with van der Waals surface area (Å²) in [6.07, 6.45) is 1.87. The predicted octanol–water partition coefficient (Wildman–Crippen LogP) is 13.3. The van der Waals surface area contributed by atoms with Gasteiger partial charge in [-0.1, -0.05) is 126 Å². The van der Waals surface area contributed by atoms with Crippen LogP contribution in [0.2, 0.25) is 0 Å². The molecule has 9 heteroatoms. The van der Waals surface area contributed by atoms with Crippen LogP contribution in [0.5, 0.6) is 23.0 Å². The number of pyridine rings is 1. The Balaban J connectivity index is 0.000000247. The molecule has 5 heterocycles. The third kappa shape index (κ3) is 7.64. The van der Waals surface area contributed by atoms with E-state index in [4.69, 9.17) is 18.9 Å². The van der Waals surface area contributed by atoms with Gasteiger partial charge in [0.25, 0.3) is 6.71 Å². The van der Waals surface area contributed by atoms with Crippen molar-refractivity contribution in [1.29, 1.82) is 0 Å². The van der Waals surface area contributed by atoms with E-state index in [0.29, 0.717) is 11.8 Å². The molecule has 0 amide bonds. The molecule has 0 saturated carbocycles. The Bertz CT molecular complexity index is 3470. The summed E-state index contributed by atoms with van der Waals surface area (Å²) < 4.78 is 35.0. The molecule has 0 unspecified atom stereocenters. The zero-order valence-corrected chi connectivity index (χ0v) is 40.8. The zero-order chi connectivity index (χ0) is 45.4. The van der Waals surface area contributed by atoms with E-state index < -0.39 is 0 Å². The third-order valence-electron chi connectivity index (χ3n) is 12.9. The van der Waals surface area contributed by atoms with Crippen molar-refractivity contribution < 1.29 is 38.4 Å². The SMILES string of the molecule is CC(C)(C)c1ccc(-c2[c-]cc(F)cc2)nc1.CC(C)c1cccc(C(C)C)c1-n1c(-c2[c-]ccc3c2oc2cc4c(cc23)Oc2cccc3c2B4c2ccccc2O3)nc2ccccc21.[Ir]. The third-order valence-corrected chi connectivity index (χ3v) is 12.9. The van der Waals surface area contributed by atoms with Gasteiger partial charge in [-0.3, -0.25) is 9.37 Å². The van der Waals surface area contributed by atoms with Gasteiger partial charge in [-0.2, -0.15) is 0 Å². The van der Waals surface area contributed by atoms with Gasteiger partial charge in [-0.15, -0.1) is 48.0 Å². The predicted molar refractivity (Wildman–Crippen MR) is 266 cm³/mol. The number of aromatic nitrogens is 3. The number of fused-ring (bicyclic) bond motifs is 8. The van der Waals surface area contributed by atoms with Crippen LogP contribution in [0.15, 0.2) is 150 Å². The largest absolute Gasteiger partial charge is 0.501 e. The fraction of sp³-hybridized carbons (Fsp3) is 0.172. The molecule has 0 N–H and O–H groups in total. The van der Waals surface area contributed by atoms with Crippen molar-refractivity contribution in [3.05, 3.63) is 180 Å². The summed E-state index contributed by atoms with van der Waals surface area (Å²) in [7, 11) is 0. The first-order valence-corrected chi connectivity index (χ1v) is 22.7. The number of furan rings is 1. The van der Waals surface area contributed by atoms with E-state index >= 15 is 0 Å².